The summed E-state index contributed by atoms with van der Waals surface area (Å²) in [4.78, 5) is 28.5. The maximum absolute atomic E-state index is 13.4. The molecule has 0 radical (unpaired) electrons. The van der Waals surface area contributed by atoms with Gasteiger partial charge in [-0.25, -0.2) is 0 Å². The molecule has 5 heteroatoms. The van der Waals surface area contributed by atoms with Crippen LogP contribution in [0.25, 0.3) is 0 Å². The van der Waals surface area contributed by atoms with E-state index >= 15 is 0 Å². The fraction of sp³-hybridized carbons (Fsp3) is 0.286. The predicted molar refractivity (Wildman–Crippen MR) is 131 cm³/mol. The van der Waals surface area contributed by atoms with E-state index < -0.39 is 6.04 Å². The van der Waals surface area contributed by atoms with Crippen LogP contribution in [0.1, 0.15) is 31.4 Å². The lowest BCUT2D eigenvalue weighted by molar-refractivity contribution is -0.143. The van der Waals surface area contributed by atoms with Gasteiger partial charge in [0.15, 0.2) is 6.61 Å². The maximum atomic E-state index is 13.4. The third-order valence-electron chi connectivity index (χ3n) is 5.57. The largest absolute Gasteiger partial charge is 0.484 e. The average molecular weight is 445 g/mol. The summed E-state index contributed by atoms with van der Waals surface area (Å²) in [7, 11) is 0. The monoisotopic (exact) mass is 444 g/mol. The van der Waals surface area contributed by atoms with Gasteiger partial charge in [0.2, 0.25) is 5.91 Å². The standard InChI is InChI=1S/C28H32N2O3/c1-3-22(2)29-28(32)26(19-23-13-7-4-8-14-23)30(20-24-15-9-5-10-16-24)27(31)21-33-25-17-11-6-12-18-25/h4-18,22,26H,3,19-21H2,1-2H3,(H,29,32). The molecule has 0 bridgehead atoms. The van der Waals surface area contributed by atoms with E-state index in [-0.39, 0.29) is 24.5 Å². The summed E-state index contributed by atoms with van der Waals surface area (Å²) in [6.45, 7) is 4.18. The van der Waals surface area contributed by atoms with Crippen LogP contribution >= 0.6 is 0 Å². The van der Waals surface area contributed by atoms with Gasteiger partial charge in [0.1, 0.15) is 11.8 Å². The summed E-state index contributed by atoms with van der Waals surface area (Å²) in [6.07, 6.45) is 1.24. The van der Waals surface area contributed by atoms with E-state index in [1.807, 2.05) is 105 Å². The lowest BCUT2D eigenvalue weighted by Crippen LogP contribution is -2.53. The van der Waals surface area contributed by atoms with E-state index in [1.54, 1.807) is 4.90 Å². The minimum Gasteiger partial charge on any atom is -0.484 e. The number of hydrogen-bond acceptors (Lipinski definition) is 3. The Kier molecular flexibility index (Phi) is 9.07. The van der Waals surface area contributed by atoms with E-state index in [0.29, 0.717) is 18.7 Å². The highest BCUT2D eigenvalue weighted by molar-refractivity contribution is 5.88. The summed E-state index contributed by atoms with van der Waals surface area (Å²) in [5, 5.41) is 3.07. The Labute approximate surface area is 196 Å². The number of ether oxygens (including phenoxy) is 1. The maximum Gasteiger partial charge on any atom is 0.261 e. The lowest BCUT2D eigenvalue weighted by atomic mass is 10.0. The molecule has 0 saturated heterocycles. The SMILES string of the molecule is CCC(C)NC(=O)C(Cc1ccccc1)N(Cc1ccccc1)C(=O)COc1ccccc1. The first kappa shape index (κ1) is 24.1. The van der Waals surface area contributed by atoms with Gasteiger partial charge >= 0.3 is 0 Å². The van der Waals surface area contributed by atoms with Crippen LogP contribution in [0.3, 0.4) is 0 Å². The fourth-order valence-corrected chi connectivity index (χ4v) is 3.52. The molecule has 3 aromatic rings. The van der Waals surface area contributed by atoms with Crippen molar-refractivity contribution in [1.82, 2.24) is 10.2 Å². The molecule has 0 aliphatic rings. The Morgan fingerprint density at radius 3 is 1.97 bits per heavy atom. The van der Waals surface area contributed by atoms with E-state index in [4.69, 9.17) is 4.74 Å². The molecular weight excluding hydrogens is 412 g/mol. The zero-order valence-corrected chi connectivity index (χ0v) is 19.3. The molecule has 1 N–H and O–H groups in total. The average Bonchev–Trinajstić information content (AvgIpc) is 2.86. The predicted octanol–water partition coefficient (Wildman–Crippen LogP) is 4.62. The molecular formula is C28H32N2O3. The van der Waals surface area contributed by atoms with E-state index in [9.17, 15) is 9.59 Å². The van der Waals surface area contributed by atoms with Gasteiger partial charge in [0.05, 0.1) is 0 Å². The summed E-state index contributed by atoms with van der Waals surface area (Å²) < 4.78 is 5.75. The summed E-state index contributed by atoms with van der Waals surface area (Å²) in [5.41, 5.74) is 1.96. The molecule has 3 rings (SSSR count). The van der Waals surface area contributed by atoms with Gasteiger partial charge in [-0.2, -0.15) is 0 Å². The van der Waals surface area contributed by atoms with Crippen LogP contribution in [-0.2, 0) is 22.6 Å². The van der Waals surface area contributed by atoms with Crippen molar-refractivity contribution in [2.45, 2.75) is 45.3 Å². The number of hydrogen-bond donors (Lipinski definition) is 1. The number of benzene rings is 3. The zero-order chi connectivity index (χ0) is 23.5. The fourth-order valence-electron chi connectivity index (χ4n) is 3.52. The molecule has 172 valence electrons. The van der Waals surface area contributed by atoms with Crippen molar-refractivity contribution in [3.63, 3.8) is 0 Å². The molecule has 33 heavy (non-hydrogen) atoms. The van der Waals surface area contributed by atoms with Crippen LogP contribution in [0.15, 0.2) is 91.0 Å². The third-order valence-corrected chi connectivity index (χ3v) is 5.57. The Balaban J connectivity index is 1.88. The van der Waals surface area contributed by atoms with Crippen LogP contribution in [0.4, 0.5) is 0 Å². The van der Waals surface area contributed by atoms with Crippen LogP contribution in [0.5, 0.6) is 5.75 Å². The number of para-hydroxylation sites is 1. The molecule has 0 saturated carbocycles. The van der Waals surface area contributed by atoms with Crippen LogP contribution < -0.4 is 10.1 Å². The first-order chi connectivity index (χ1) is 16.1. The number of nitrogens with one attached hydrogen (secondary N) is 1. The highest BCUT2D eigenvalue weighted by Gasteiger charge is 2.31. The number of rotatable bonds is 11. The summed E-state index contributed by atoms with van der Waals surface area (Å²) >= 11 is 0. The molecule has 0 aliphatic carbocycles. The van der Waals surface area contributed by atoms with Crippen molar-refractivity contribution in [3.05, 3.63) is 102 Å². The minimum atomic E-state index is -0.659. The van der Waals surface area contributed by atoms with E-state index in [0.717, 1.165) is 17.5 Å². The Hall–Kier alpha value is -3.60. The molecule has 5 nitrogen and oxygen atoms in total. The van der Waals surface area contributed by atoms with Gasteiger partial charge in [0.25, 0.3) is 5.91 Å². The Morgan fingerprint density at radius 2 is 1.39 bits per heavy atom. The van der Waals surface area contributed by atoms with Crippen LogP contribution in [0, 0.1) is 0 Å². The van der Waals surface area contributed by atoms with Crippen LogP contribution in [0.2, 0.25) is 0 Å². The van der Waals surface area contributed by atoms with Gasteiger partial charge in [0, 0.05) is 19.0 Å². The normalized spacial score (nSPS) is 12.4. The second-order valence-corrected chi connectivity index (χ2v) is 8.13. The Bertz CT molecular complexity index is 993. The van der Waals surface area contributed by atoms with Gasteiger partial charge in [-0.05, 0) is 36.6 Å². The topological polar surface area (TPSA) is 58.6 Å². The first-order valence-electron chi connectivity index (χ1n) is 11.4. The van der Waals surface area contributed by atoms with Crippen molar-refractivity contribution >= 4 is 11.8 Å². The third kappa shape index (κ3) is 7.49. The molecule has 0 aromatic heterocycles. The zero-order valence-electron chi connectivity index (χ0n) is 19.3. The molecule has 0 fully saturated rings. The highest BCUT2D eigenvalue weighted by atomic mass is 16.5. The number of carbonyl (C=O) groups is 2. The van der Waals surface area contributed by atoms with Crippen molar-refractivity contribution in [3.8, 4) is 5.75 Å². The second kappa shape index (κ2) is 12.4. The van der Waals surface area contributed by atoms with Gasteiger partial charge in [-0.15, -0.1) is 0 Å². The van der Waals surface area contributed by atoms with Crippen molar-refractivity contribution in [1.29, 1.82) is 0 Å². The van der Waals surface area contributed by atoms with E-state index in [2.05, 4.69) is 5.32 Å². The number of carbonyl (C=O) groups excluding carboxylic acids is 2. The van der Waals surface area contributed by atoms with E-state index in [1.165, 1.54) is 0 Å². The molecule has 0 aliphatic heterocycles. The van der Waals surface area contributed by atoms with Crippen molar-refractivity contribution in [2.75, 3.05) is 6.61 Å². The molecule has 2 amide bonds. The molecule has 2 unspecified atom stereocenters. The number of nitrogens with zero attached hydrogens (tertiary/aromatic N) is 1. The quantitative estimate of drug-likeness (QED) is 0.469. The molecule has 0 spiro atoms. The highest BCUT2D eigenvalue weighted by Crippen LogP contribution is 2.16. The minimum absolute atomic E-state index is 0.0185. The second-order valence-electron chi connectivity index (χ2n) is 8.13. The molecule has 0 heterocycles. The first-order valence-corrected chi connectivity index (χ1v) is 11.4. The smallest absolute Gasteiger partial charge is 0.261 e. The lowest BCUT2D eigenvalue weighted by Gasteiger charge is -2.32. The summed E-state index contributed by atoms with van der Waals surface area (Å²) in [6, 6.07) is 28.1. The van der Waals surface area contributed by atoms with Gasteiger partial charge in [-0.3, -0.25) is 9.59 Å². The van der Waals surface area contributed by atoms with Crippen molar-refractivity contribution in [2.24, 2.45) is 0 Å². The van der Waals surface area contributed by atoms with Crippen molar-refractivity contribution < 1.29 is 14.3 Å². The summed E-state index contributed by atoms with van der Waals surface area (Å²) in [5.74, 6) is 0.231. The Morgan fingerprint density at radius 1 is 0.848 bits per heavy atom. The molecule has 2 atom stereocenters. The number of amides is 2. The molecule has 3 aromatic carbocycles. The van der Waals surface area contributed by atoms with Crippen LogP contribution in [-0.4, -0.2) is 35.4 Å². The van der Waals surface area contributed by atoms with Gasteiger partial charge in [-0.1, -0.05) is 85.8 Å². The van der Waals surface area contributed by atoms with Gasteiger partial charge < -0.3 is 15.0 Å².